The number of urea groups is 1. The molecule has 1 heterocycles. The maximum atomic E-state index is 12.7. The van der Waals surface area contributed by atoms with E-state index >= 15 is 0 Å². The molecule has 1 aromatic carbocycles. The summed E-state index contributed by atoms with van der Waals surface area (Å²) in [6.07, 6.45) is 4.41. The van der Waals surface area contributed by atoms with E-state index in [1.807, 2.05) is 6.07 Å². The summed E-state index contributed by atoms with van der Waals surface area (Å²) in [6.45, 7) is 13.5. The fourth-order valence-corrected chi connectivity index (χ4v) is 3.34. The normalized spacial score (nSPS) is 11.3. The van der Waals surface area contributed by atoms with Crippen LogP contribution in [0.4, 0.5) is 21.9 Å². The van der Waals surface area contributed by atoms with Gasteiger partial charge in [-0.2, -0.15) is 0 Å². The highest BCUT2D eigenvalue weighted by molar-refractivity contribution is 6.02. The number of anilines is 3. The largest absolute Gasteiger partial charge is 0.476 e. The SMILES string of the molecule is COC(=O)C(C)(C)Oc1ccc(N(CC(C)C)CC(C)C)c(NC(=O)Nc2cncnc2)c1. The molecule has 2 aromatic rings. The van der Waals surface area contributed by atoms with Crippen molar-refractivity contribution in [1.29, 1.82) is 0 Å². The molecule has 0 aliphatic heterocycles. The van der Waals surface area contributed by atoms with Crippen LogP contribution in [0.5, 0.6) is 5.75 Å². The Labute approximate surface area is 195 Å². The maximum absolute atomic E-state index is 12.7. The van der Waals surface area contributed by atoms with Crippen LogP contribution in [0.15, 0.2) is 36.9 Å². The van der Waals surface area contributed by atoms with Gasteiger partial charge in [0.05, 0.1) is 36.6 Å². The summed E-state index contributed by atoms with van der Waals surface area (Å²) in [4.78, 5) is 34.9. The number of aromatic nitrogens is 2. The van der Waals surface area contributed by atoms with Crippen LogP contribution in [-0.2, 0) is 9.53 Å². The molecule has 9 nitrogen and oxygen atoms in total. The van der Waals surface area contributed by atoms with Crippen molar-refractivity contribution in [1.82, 2.24) is 9.97 Å². The van der Waals surface area contributed by atoms with Crippen molar-refractivity contribution in [3.05, 3.63) is 36.9 Å². The number of amides is 2. The van der Waals surface area contributed by atoms with Crippen LogP contribution in [-0.4, -0.2) is 47.8 Å². The van der Waals surface area contributed by atoms with Gasteiger partial charge >= 0.3 is 12.0 Å². The molecule has 0 fully saturated rings. The third-order valence-corrected chi connectivity index (χ3v) is 4.60. The Kier molecular flexibility index (Phi) is 9.02. The van der Waals surface area contributed by atoms with Crippen LogP contribution in [0.3, 0.4) is 0 Å². The van der Waals surface area contributed by atoms with Crippen LogP contribution in [0, 0.1) is 11.8 Å². The van der Waals surface area contributed by atoms with Gasteiger partial charge < -0.3 is 25.0 Å². The third kappa shape index (κ3) is 7.93. The first-order valence-corrected chi connectivity index (χ1v) is 11.0. The van der Waals surface area contributed by atoms with Gasteiger partial charge in [-0.3, -0.25) is 0 Å². The lowest BCUT2D eigenvalue weighted by Gasteiger charge is -2.31. The van der Waals surface area contributed by atoms with E-state index in [-0.39, 0.29) is 0 Å². The summed E-state index contributed by atoms with van der Waals surface area (Å²) in [7, 11) is 1.32. The maximum Gasteiger partial charge on any atom is 0.349 e. The summed E-state index contributed by atoms with van der Waals surface area (Å²) in [5.41, 5.74) is 0.702. The van der Waals surface area contributed by atoms with Crippen molar-refractivity contribution in [2.75, 3.05) is 35.7 Å². The molecule has 0 unspecified atom stereocenters. The molecule has 180 valence electrons. The summed E-state index contributed by atoms with van der Waals surface area (Å²) in [6, 6.07) is 4.97. The number of benzene rings is 1. The van der Waals surface area contributed by atoms with E-state index in [4.69, 9.17) is 9.47 Å². The Bertz CT molecular complexity index is 922. The smallest absolute Gasteiger partial charge is 0.349 e. The number of hydrogen-bond donors (Lipinski definition) is 2. The first kappa shape index (κ1) is 25.9. The molecule has 0 saturated carbocycles. The van der Waals surface area contributed by atoms with Crippen molar-refractivity contribution in [3.8, 4) is 5.75 Å². The molecule has 2 amide bonds. The monoisotopic (exact) mass is 457 g/mol. The van der Waals surface area contributed by atoms with Crippen molar-refractivity contribution in [3.63, 3.8) is 0 Å². The average molecular weight is 458 g/mol. The molecule has 2 rings (SSSR count). The van der Waals surface area contributed by atoms with Crippen LogP contribution in [0.2, 0.25) is 0 Å². The molecule has 9 heteroatoms. The van der Waals surface area contributed by atoms with E-state index < -0.39 is 17.6 Å². The summed E-state index contributed by atoms with van der Waals surface area (Å²) in [5, 5.41) is 5.64. The lowest BCUT2D eigenvalue weighted by atomic mass is 10.1. The van der Waals surface area contributed by atoms with Gasteiger partial charge in [0.1, 0.15) is 12.1 Å². The number of carbonyl (C=O) groups is 2. The lowest BCUT2D eigenvalue weighted by Crippen LogP contribution is -2.39. The molecule has 0 radical (unpaired) electrons. The lowest BCUT2D eigenvalue weighted by molar-refractivity contribution is -0.156. The highest BCUT2D eigenvalue weighted by atomic mass is 16.6. The molecule has 1 aromatic heterocycles. The minimum Gasteiger partial charge on any atom is -0.476 e. The molecule has 2 N–H and O–H groups in total. The predicted octanol–water partition coefficient (Wildman–Crippen LogP) is 4.57. The number of hydrogen-bond acceptors (Lipinski definition) is 7. The topological polar surface area (TPSA) is 106 Å². The standard InChI is InChI=1S/C24H35N5O4/c1-16(2)13-29(14-17(3)4)21-9-8-19(33-24(5,6)22(30)32-7)10-20(21)28-23(31)27-18-11-25-15-26-12-18/h8-12,15-17H,13-14H2,1-7H3,(H2,27,28,31). The Morgan fingerprint density at radius 2 is 1.64 bits per heavy atom. The number of methoxy groups -OCH3 is 1. The van der Waals surface area contributed by atoms with E-state index in [0.29, 0.717) is 29.0 Å². The van der Waals surface area contributed by atoms with Gasteiger partial charge in [0.15, 0.2) is 5.60 Å². The van der Waals surface area contributed by atoms with Crippen molar-refractivity contribution in [2.45, 2.75) is 47.1 Å². The van der Waals surface area contributed by atoms with Crippen LogP contribution < -0.4 is 20.3 Å². The van der Waals surface area contributed by atoms with E-state index in [9.17, 15) is 9.59 Å². The van der Waals surface area contributed by atoms with Gasteiger partial charge in [-0.25, -0.2) is 19.6 Å². The molecule has 0 spiro atoms. The number of ether oxygens (including phenoxy) is 2. The summed E-state index contributed by atoms with van der Waals surface area (Å²) in [5.74, 6) is 0.771. The first-order valence-electron chi connectivity index (χ1n) is 11.0. The predicted molar refractivity (Wildman–Crippen MR) is 130 cm³/mol. The number of esters is 1. The fraction of sp³-hybridized carbons (Fsp3) is 0.500. The van der Waals surface area contributed by atoms with Crippen LogP contribution >= 0.6 is 0 Å². The van der Waals surface area contributed by atoms with Crippen molar-refractivity contribution in [2.24, 2.45) is 11.8 Å². The molecule has 0 aliphatic carbocycles. The molecular weight excluding hydrogens is 422 g/mol. The third-order valence-electron chi connectivity index (χ3n) is 4.60. The quantitative estimate of drug-likeness (QED) is 0.504. The Morgan fingerprint density at radius 1 is 1.03 bits per heavy atom. The van der Waals surface area contributed by atoms with E-state index in [0.717, 1.165) is 18.8 Å². The van der Waals surface area contributed by atoms with Gasteiger partial charge in [0.2, 0.25) is 0 Å². The van der Waals surface area contributed by atoms with Gasteiger partial charge in [0.25, 0.3) is 0 Å². The van der Waals surface area contributed by atoms with Crippen LogP contribution in [0.25, 0.3) is 0 Å². The van der Waals surface area contributed by atoms with E-state index in [1.54, 1.807) is 26.0 Å². The van der Waals surface area contributed by atoms with Gasteiger partial charge in [-0.15, -0.1) is 0 Å². The zero-order chi connectivity index (χ0) is 24.6. The average Bonchev–Trinajstić information content (AvgIpc) is 2.72. The van der Waals surface area contributed by atoms with Gasteiger partial charge in [-0.05, 0) is 37.8 Å². The zero-order valence-electron chi connectivity index (χ0n) is 20.5. The summed E-state index contributed by atoms with van der Waals surface area (Å²) >= 11 is 0. The zero-order valence-corrected chi connectivity index (χ0v) is 20.5. The second-order valence-corrected chi connectivity index (χ2v) is 9.18. The Balaban J connectivity index is 2.40. The minimum atomic E-state index is -1.19. The molecule has 0 atom stereocenters. The molecule has 0 aliphatic rings. The van der Waals surface area contributed by atoms with Crippen molar-refractivity contribution >= 4 is 29.1 Å². The minimum absolute atomic E-state index is 0.418. The number of nitrogens with zero attached hydrogens (tertiary/aromatic N) is 3. The first-order chi connectivity index (χ1) is 15.5. The van der Waals surface area contributed by atoms with Gasteiger partial charge in [0, 0.05) is 19.2 Å². The van der Waals surface area contributed by atoms with Crippen molar-refractivity contribution < 1.29 is 19.1 Å². The molecule has 33 heavy (non-hydrogen) atoms. The fourth-order valence-electron chi connectivity index (χ4n) is 3.34. The number of nitrogens with one attached hydrogen (secondary N) is 2. The Morgan fingerprint density at radius 3 is 2.18 bits per heavy atom. The molecule has 0 bridgehead atoms. The highest BCUT2D eigenvalue weighted by Crippen LogP contribution is 2.33. The number of rotatable bonds is 10. The van der Waals surface area contributed by atoms with Gasteiger partial charge in [-0.1, -0.05) is 27.7 Å². The van der Waals surface area contributed by atoms with Crippen LogP contribution in [0.1, 0.15) is 41.5 Å². The Hall–Kier alpha value is -3.36. The molecule has 0 saturated heterocycles. The van der Waals surface area contributed by atoms with E-state index in [1.165, 1.54) is 25.8 Å². The summed E-state index contributed by atoms with van der Waals surface area (Å²) < 4.78 is 10.7. The molecular formula is C24H35N5O4. The highest BCUT2D eigenvalue weighted by Gasteiger charge is 2.31. The second kappa shape index (κ2) is 11.5. The number of carbonyl (C=O) groups excluding carboxylic acids is 2. The second-order valence-electron chi connectivity index (χ2n) is 9.18. The van der Waals surface area contributed by atoms with E-state index in [2.05, 4.69) is 53.2 Å².